The van der Waals surface area contributed by atoms with E-state index < -0.39 is 0 Å². The molecule has 2 aromatic carbocycles. The van der Waals surface area contributed by atoms with Crippen LogP contribution in [0.3, 0.4) is 0 Å². The van der Waals surface area contributed by atoms with E-state index in [-0.39, 0.29) is 11.7 Å². The van der Waals surface area contributed by atoms with Gasteiger partial charge in [0, 0.05) is 37.1 Å². The molecule has 1 heterocycles. The molecule has 6 nitrogen and oxygen atoms in total. The van der Waals surface area contributed by atoms with Crippen LogP contribution in [-0.2, 0) is 11.8 Å². The SMILES string of the molecule is CCN(CC)c1ccc(-c2nnc(SCC(=O)Nc3ccc(Cl)c(Cl)c3)n2C)cc1. The average molecular weight is 464 g/mol. The molecule has 1 amide bonds. The molecule has 0 saturated heterocycles. The van der Waals surface area contributed by atoms with Gasteiger partial charge in [0.1, 0.15) is 0 Å². The highest BCUT2D eigenvalue weighted by Crippen LogP contribution is 2.27. The first kappa shape index (κ1) is 22.5. The van der Waals surface area contributed by atoms with E-state index in [0.29, 0.717) is 20.9 Å². The van der Waals surface area contributed by atoms with E-state index in [0.717, 1.165) is 24.5 Å². The van der Waals surface area contributed by atoms with Gasteiger partial charge in [-0.1, -0.05) is 35.0 Å². The average Bonchev–Trinajstić information content (AvgIpc) is 3.11. The summed E-state index contributed by atoms with van der Waals surface area (Å²) in [6.45, 7) is 6.21. The zero-order valence-corrected chi connectivity index (χ0v) is 19.4. The molecule has 0 radical (unpaired) electrons. The number of amides is 1. The van der Waals surface area contributed by atoms with Crippen molar-refractivity contribution in [3.8, 4) is 11.4 Å². The van der Waals surface area contributed by atoms with Crippen LogP contribution in [0.1, 0.15) is 13.8 Å². The van der Waals surface area contributed by atoms with E-state index in [4.69, 9.17) is 23.2 Å². The van der Waals surface area contributed by atoms with E-state index in [1.807, 2.05) is 23.7 Å². The molecule has 0 aliphatic heterocycles. The second kappa shape index (κ2) is 10.2. The molecular formula is C21H23Cl2N5OS. The Morgan fingerprint density at radius 2 is 1.77 bits per heavy atom. The van der Waals surface area contributed by atoms with Crippen molar-refractivity contribution in [1.29, 1.82) is 0 Å². The summed E-state index contributed by atoms with van der Waals surface area (Å²) in [6, 6.07) is 13.2. The molecule has 0 unspecified atom stereocenters. The molecule has 0 atom stereocenters. The number of aromatic nitrogens is 3. The number of halogens is 2. The van der Waals surface area contributed by atoms with Crippen molar-refractivity contribution in [2.24, 2.45) is 7.05 Å². The van der Waals surface area contributed by atoms with E-state index in [1.54, 1.807) is 18.2 Å². The van der Waals surface area contributed by atoms with Crippen molar-refractivity contribution >= 4 is 52.2 Å². The molecule has 9 heteroatoms. The first-order chi connectivity index (χ1) is 14.4. The monoisotopic (exact) mass is 463 g/mol. The van der Waals surface area contributed by atoms with Crippen LogP contribution >= 0.6 is 35.0 Å². The number of nitrogens with zero attached hydrogens (tertiary/aromatic N) is 4. The fourth-order valence-corrected chi connectivity index (χ4v) is 4.01. The van der Waals surface area contributed by atoms with Gasteiger partial charge in [0.15, 0.2) is 11.0 Å². The number of rotatable bonds is 8. The molecule has 0 aliphatic rings. The second-order valence-corrected chi connectivity index (χ2v) is 8.31. The summed E-state index contributed by atoms with van der Waals surface area (Å²) in [7, 11) is 1.90. The molecule has 0 aliphatic carbocycles. The largest absolute Gasteiger partial charge is 0.372 e. The van der Waals surface area contributed by atoms with Gasteiger partial charge in [-0.05, 0) is 56.3 Å². The summed E-state index contributed by atoms with van der Waals surface area (Å²) in [5.41, 5.74) is 2.76. The Balaban J connectivity index is 1.63. The molecule has 1 aromatic heterocycles. The predicted molar refractivity (Wildman–Crippen MR) is 126 cm³/mol. The molecule has 0 fully saturated rings. The summed E-state index contributed by atoms with van der Waals surface area (Å²) < 4.78 is 1.89. The molecule has 3 aromatic rings. The van der Waals surface area contributed by atoms with Crippen molar-refractivity contribution < 1.29 is 4.79 Å². The summed E-state index contributed by atoms with van der Waals surface area (Å²) in [5.74, 6) is 0.799. The maximum absolute atomic E-state index is 12.3. The number of carbonyl (C=O) groups is 1. The molecule has 0 spiro atoms. The fourth-order valence-electron chi connectivity index (χ4n) is 3.00. The van der Waals surface area contributed by atoms with Crippen LogP contribution < -0.4 is 10.2 Å². The lowest BCUT2D eigenvalue weighted by Crippen LogP contribution is -2.21. The Morgan fingerprint density at radius 3 is 2.40 bits per heavy atom. The van der Waals surface area contributed by atoms with Gasteiger partial charge in [-0.15, -0.1) is 10.2 Å². The van der Waals surface area contributed by atoms with Crippen LogP contribution in [0, 0.1) is 0 Å². The van der Waals surface area contributed by atoms with Gasteiger partial charge >= 0.3 is 0 Å². The molecule has 3 rings (SSSR count). The molecule has 0 saturated carbocycles. The van der Waals surface area contributed by atoms with Crippen LogP contribution in [0.5, 0.6) is 0 Å². The van der Waals surface area contributed by atoms with Crippen LogP contribution in [0.2, 0.25) is 10.0 Å². The molecule has 158 valence electrons. The Bertz CT molecular complexity index is 1020. The smallest absolute Gasteiger partial charge is 0.234 e. The van der Waals surface area contributed by atoms with Crippen LogP contribution in [0.15, 0.2) is 47.6 Å². The summed E-state index contributed by atoms with van der Waals surface area (Å²) in [5, 5.41) is 12.8. The summed E-state index contributed by atoms with van der Waals surface area (Å²) >= 11 is 13.2. The van der Waals surface area contributed by atoms with Crippen molar-refractivity contribution in [1.82, 2.24) is 14.8 Å². The van der Waals surface area contributed by atoms with Gasteiger partial charge in [0.05, 0.1) is 15.8 Å². The number of hydrogen-bond donors (Lipinski definition) is 1. The Labute approximate surface area is 190 Å². The van der Waals surface area contributed by atoms with E-state index >= 15 is 0 Å². The first-order valence-electron chi connectivity index (χ1n) is 9.55. The van der Waals surface area contributed by atoms with E-state index in [1.165, 1.54) is 17.4 Å². The van der Waals surface area contributed by atoms with Gasteiger partial charge < -0.3 is 14.8 Å². The maximum Gasteiger partial charge on any atom is 0.234 e. The third kappa shape index (κ3) is 5.28. The first-order valence-corrected chi connectivity index (χ1v) is 11.3. The second-order valence-electron chi connectivity index (χ2n) is 6.55. The molecule has 30 heavy (non-hydrogen) atoms. The van der Waals surface area contributed by atoms with Gasteiger partial charge in [-0.2, -0.15) is 0 Å². The highest BCUT2D eigenvalue weighted by Gasteiger charge is 2.14. The molecule has 0 bridgehead atoms. The Hall–Kier alpha value is -2.22. The van der Waals surface area contributed by atoms with Gasteiger partial charge in [-0.3, -0.25) is 4.79 Å². The van der Waals surface area contributed by atoms with Gasteiger partial charge in [0.25, 0.3) is 0 Å². The summed E-state index contributed by atoms with van der Waals surface area (Å²) in [6.07, 6.45) is 0. The van der Waals surface area contributed by atoms with E-state index in [9.17, 15) is 4.79 Å². The van der Waals surface area contributed by atoms with Crippen molar-refractivity contribution in [2.75, 3.05) is 29.1 Å². The maximum atomic E-state index is 12.3. The normalized spacial score (nSPS) is 10.8. The van der Waals surface area contributed by atoms with Crippen LogP contribution in [0.25, 0.3) is 11.4 Å². The molecule has 1 N–H and O–H groups in total. The summed E-state index contributed by atoms with van der Waals surface area (Å²) in [4.78, 5) is 14.5. The van der Waals surface area contributed by atoms with Crippen LogP contribution in [-0.4, -0.2) is 39.5 Å². The quantitative estimate of drug-likeness (QED) is 0.455. The lowest BCUT2D eigenvalue weighted by Gasteiger charge is -2.21. The lowest BCUT2D eigenvalue weighted by molar-refractivity contribution is -0.113. The number of carbonyl (C=O) groups excluding carboxylic acids is 1. The lowest BCUT2D eigenvalue weighted by atomic mass is 10.2. The molecular weight excluding hydrogens is 441 g/mol. The highest BCUT2D eigenvalue weighted by molar-refractivity contribution is 7.99. The zero-order chi connectivity index (χ0) is 21.7. The topological polar surface area (TPSA) is 63.1 Å². The minimum atomic E-state index is -0.161. The van der Waals surface area contributed by atoms with Crippen molar-refractivity contribution in [3.63, 3.8) is 0 Å². The number of anilines is 2. The fraction of sp³-hybridized carbons (Fsp3) is 0.286. The minimum absolute atomic E-state index is 0.161. The van der Waals surface area contributed by atoms with Crippen molar-refractivity contribution in [2.45, 2.75) is 19.0 Å². The standard InChI is InChI=1S/C21H23Cl2N5OS/c1-4-28(5-2)16-9-6-14(7-10-16)20-25-26-21(27(20)3)30-13-19(29)24-15-8-11-17(22)18(23)12-15/h6-12H,4-5,13H2,1-3H3,(H,24,29). The minimum Gasteiger partial charge on any atom is -0.372 e. The third-order valence-corrected chi connectivity index (χ3v) is 6.38. The predicted octanol–water partition coefficient (Wildman–Crippen LogP) is 5.37. The number of nitrogens with one attached hydrogen (secondary N) is 1. The third-order valence-electron chi connectivity index (χ3n) is 4.62. The number of benzene rings is 2. The van der Waals surface area contributed by atoms with Crippen LogP contribution in [0.4, 0.5) is 11.4 Å². The zero-order valence-electron chi connectivity index (χ0n) is 17.0. The number of hydrogen-bond acceptors (Lipinski definition) is 5. The Kier molecular flexibility index (Phi) is 7.64. The number of thioether (sulfide) groups is 1. The van der Waals surface area contributed by atoms with Gasteiger partial charge in [-0.25, -0.2) is 0 Å². The van der Waals surface area contributed by atoms with Crippen molar-refractivity contribution in [3.05, 3.63) is 52.5 Å². The van der Waals surface area contributed by atoms with Gasteiger partial charge in [0.2, 0.25) is 5.91 Å². The van der Waals surface area contributed by atoms with E-state index in [2.05, 4.69) is 46.4 Å². The Morgan fingerprint density at radius 1 is 1.07 bits per heavy atom. The highest BCUT2D eigenvalue weighted by atomic mass is 35.5.